The molecule has 0 saturated heterocycles. The summed E-state index contributed by atoms with van der Waals surface area (Å²) < 4.78 is 29.2. The zero-order chi connectivity index (χ0) is 27.1. The molecule has 2 unspecified atom stereocenters. The van der Waals surface area contributed by atoms with Crippen LogP contribution in [0.5, 0.6) is 0 Å². The SMILES string of the molecule is CCCC(c1ccc(C(=O)NCCC(=O)O)cc1)C(C(=O)c1cc(Br)cc(F)c1F)c1ccc(Cl)cc1. The van der Waals surface area contributed by atoms with E-state index in [-0.39, 0.29) is 23.0 Å². The van der Waals surface area contributed by atoms with Crippen LogP contribution in [0.2, 0.25) is 5.02 Å². The molecule has 3 aromatic rings. The largest absolute Gasteiger partial charge is 0.481 e. The molecule has 0 bridgehead atoms. The number of halogens is 4. The first kappa shape index (κ1) is 28.5. The fourth-order valence-corrected chi connectivity index (χ4v) is 4.80. The lowest BCUT2D eigenvalue weighted by atomic mass is 9.75. The number of hydrogen-bond donors (Lipinski definition) is 2. The van der Waals surface area contributed by atoms with Gasteiger partial charge in [0.1, 0.15) is 0 Å². The van der Waals surface area contributed by atoms with E-state index >= 15 is 0 Å². The van der Waals surface area contributed by atoms with Crippen LogP contribution in [0.1, 0.15) is 69.9 Å². The second-order valence-electron chi connectivity index (χ2n) is 8.56. The van der Waals surface area contributed by atoms with Crippen molar-refractivity contribution in [2.24, 2.45) is 0 Å². The molecule has 0 spiro atoms. The van der Waals surface area contributed by atoms with Crippen LogP contribution < -0.4 is 5.32 Å². The van der Waals surface area contributed by atoms with Crippen LogP contribution in [-0.2, 0) is 4.79 Å². The second-order valence-corrected chi connectivity index (χ2v) is 9.91. The molecule has 0 fully saturated rings. The maximum Gasteiger partial charge on any atom is 0.305 e. The molecule has 0 radical (unpaired) electrons. The fraction of sp³-hybridized carbons (Fsp3) is 0.250. The third-order valence-electron chi connectivity index (χ3n) is 6.00. The standard InChI is InChI=1S/C28H25BrClF2NO4/c1-2-3-21(16-4-6-18(7-5-16)28(37)33-13-12-24(34)35)25(17-8-10-20(30)11-9-17)27(36)22-14-19(29)15-23(31)26(22)32/h4-11,14-15,21,25H,2-3,12-13H2,1H3,(H,33,37)(H,34,35). The molecule has 3 rings (SSSR count). The van der Waals surface area contributed by atoms with Gasteiger partial charge < -0.3 is 10.4 Å². The number of rotatable bonds is 11. The minimum absolute atomic E-state index is 0.00369. The van der Waals surface area contributed by atoms with Gasteiger partial charge >= 0.3 is 5.97 Å². The van der Waals surface area contributed by atoms with Gasteiger partial charge in [-0.25, -0.2) is 8.78 Å². The van der Waals surface area contributed by atoms with Gasteiger partial charge in [-0.1, -0.05) is 65.1 Å². The number of Topliss-reactive ketones (excluding diaryl/α,β-unsaturated/α-hetero) is 1. The lowest BCUT2D eigenvalue weighted by Gasteiger charge is -2.28. The molecule has 5 nitrogen and oxygen atoms in total. The van der Waals surface area contributed by atoms with Crippen molar-refractivity contribution in [2.75, 3.05) is 6.54 Å². The molecule has 1 amide bonds. The Bertz CT molecular complexity index is 1280. The molecule has 3 aromatic carbocycles. The number of carbonyl (C=O) groups excluding carboxylic acids is 2. The molecule has 0 aliphatic rings. The van der Waals surface area contributed by atoms with Gasteiger partial charge in [0.05, 0.1) is 17.9 Å². The first-order valence-electron chi connectivity index (χ1n) is 11.7. The summed E-state index contributed by atoms with van der Waals surface area (Å²) in [5.41, 5.74) is 1.32. The molecule has 37 heavy (non-hydrogen) atoms. The highest BCUT2D eigenvalue weighted by Crippen LogP contribution is 2.40. The number of benzene rings is 3. The highest BCUT2D eigenvalue weighted by molar-refractivity contribution is 9.10. The molecular formula is C28H25BrClF2NO4. The number of amides is 1. The normalized spacial score (nSPS) is 12.6. The molecule has 0 aromatic heterocycles. The summed E-state index contributed by atoms with van der Waals surface area (Å²) in [5.74, 6) is -5.61. The third kappa shape index (κ3) is 7.23. The molecule has 194 valence electrons. The number of carboxylic acid groups (broad SMARTS) is 1. The lowest BCUT2D eigenvalue weighted by molar-refractivity contribution is -0.136. The summed E-state index contributed by atoms with van der Waals surface area (Å²) in [7, 11) is 0. The average Bonchev–Trinajstić information content (AvgIpc) is 2.86. The Balaban J connectivity index is 2.02. The Hall–Kier alpha value is -3.10. The number of ketones is 1. The van der Waals surface area contributed by atoms with Gasteiger partial charge in [0.15, 0.2) is 17.4 Å². The van der Waals surface area contributed by atoms with Crippen molar-refractivity contribution < 1.29 is 28.3 Å². The van der Waals surface area contributed by atoms with Gasteiger partial charge in [0, 0.05) is 21.6 Å². The van der Waals surface area contributed by atoms with Crippen molar-refractivity contribution in [2.45, 2.75) is 38.0 Å². The average molecular weight is 593 g/mol. The Morgan fingerprint density at radius 3 is 2.22 bits per heavy atom. The van der Waals surface area contributed by atoms with E-state index in [0.717, 1.165) is 11.6 Å². The fourth-order valence-electron chi connectivity index (χ4n) is 4.24. The number of carboxylic acids is 1. The van der Waals surface area contributed by atoms with E-state index in [1.165, 1.54) is 6.07 Å². The van der Waals surface area contributed by atoms with E-state index < -0.39 is 41.1 Å². The Morgan fingerprint density at radius 2 is 1.62 bits per heavy atom. The van der Waals surface area contributed by atoms with Gasteiger partial charge in [-0.2, -0.15) is 0 Å². The molecular weight excluding hydrogens is 568 g/mol. The van der Waals surface area contributed by atoms with Gasteiger partial charge in [0.2, 0.25) is 0 Å². The minimum atomic E-state index is -1.21. The maximum absolute atomic E-state index is 14.8. The van der Waals surface area contributed by atoms with E-state index in [9.17, 15) is 23.2 Å². The van der Waals surface area contributed by atoms with Crippen molar-refractivity contribution in [1.82, 2.24) is 5.32 Å². The zero-order valence-electron chi connectivity index (χ0n) is 19.9. The van der Waals surface area contributed by atoms with Crippen LogP contribution in [0.15, 0.2) is 65.1 Å². The summed E-state index contributed by atoms with van der Waals surface area (Å²) in [6.07, 6.45) is 1.07. The summed E-state index contributed by atoms with van der Waals surface area (Å²) in [6.45, 7) is 1.95. The lowest BCUT2D eigenvalue weighted by Crippen LogP contribution is -2.26. The molecule has 0 saturated carbocycles. The first-order valence-corrected chi connectivity index (χ1v) is 12.8. The Kier molecular flexibility index (Phi) is 9.94. The van der Waals surface area contributed by atoms with E-state index in [2.05, 4.69) is 21.2 Å². The predicted octanol–water partition coefficient (Wildman–Crippen LogP) is 7.14. The predicted molar refractivity (Wildman–Crippen MR) is 141 cm³/mol. The zero-order valence-corrected chi connectivity index (χ0v) is 22.3. The summed E-state index contributed by atoms with van der Waals surface area (Å²) in [5, 5.41) is 11.8. The minimum Gasteiger partial charge on any atom is -0.481 e. The van der Waals surface area contributed by atoms with Crippen LogP contribution in [0.3, 0.4) is 0 Å². The monoisotopic (exact) mass is 591 g/mol. The van der Waals surface area contributed by atoms with Crippen molar-refractivity contribution in [1.29, 1.82) is 0 Å². The topological polar surface area (TPSA) is 83.5 Å². The highest BCUT2D eigenvalue weighted by atomic mass is 79.9. The van der Waals surface area contributed by atoms with E-state index in [4.69, 9.17) is 16.7 Å². The smallest absolute Gasteiger partial charge is 0.305 e. The summed E-state index contributed by atoms with van der Waals surface area (Å²) in [4.78, 5) is 36.9. The van der Waals surface area contributed by atoms with Crippen LogP contribution in [-0.4, -0.2) is 29.3 Å². The van der Waals surface area contributed by atoms with Crippen molar-refractivity contribution in [3.63, 3.8) is 0 Å². The quantitative estimate of drug-likeness (QED) is 0.183. The number of nitrogens with one attached hydrogen (secondary N) is 1. The maximum atomic E-state index is 14.8. The first-order chi connectivity index (χ1) is 17.6. The van der Waals surface area contributed by atoms with E-state index in [1.54, 1.807) is 48.5 Å². The molecule has 9 heteroatoms. The van der Waals surface area contributed by atoms with Crippen molar-refractivity contribution in [3.05, 3.63) is 104 Å². The van der Waals surface area contributed by atoms with Gasteiger partial charge in [-0.15, -0.1) is 0 Å². The number of hydrogen-bond acceptors (Lipinski definition) is 3. The van der Waals surface area contributed by atoms with Crippen molar-refractivity contribution >= 4 is 45.2 Å². The van der Waals surface area contributed by atoms with Gasteiger partial charge in [0.25, 0.3) is 5.91 Å². The van der Waals surface area contributed by atoms with Crippen LogP contribution in [0, 0.1) is 11.6 Å². The Morgan fingerprint density at radius 1 is 1.00 bits per heavy atom. The van der Waals surface area contributed by atoms with Crippen LogP contribution >= 0.6 is 27.5 Å². The van der Waals surface area contributed by atoms with E-state index in [1.807, 2.05) is 6.92 Å². The molecule has 2 N–H and O–H groups in total. The van der Waals surface area contributed by atoms with Crippen LogP contribution in [0.4, 0.5) is 8.78 Å². The second kappa shape index (κ2) is 12.9. The van der Waals surface area contributed by atoms with E-state index in [0.29, 0.717) is 29.0 Å². The molecule has 0 heterocycles. The number of carbonyl (C=O) groups is 3. The van der Waals surface area contributed by atoms with Gasteiger partial charge in [-0.3, -0.25) is 14.4 Å². The van der Waals surface area contributed by atoms with Crippen molar-refractivity contribution in [3.8, 4) is 0 Å². The summed E-state index contributed by atoms with van der Waals surface area (Å²) >= 11 is 9.21. The van der Waals surface area contributed by atoms with Crippen LogP contribution in [0.25, 0.3) is 0 Å². The third-order valence-corrected chi connectivity index (χ3v) is 6.71. The Labute approximate surface area is 227 Å². The highest BCUT2D eigenvalue weighted by Gasteiger charge is 2.33. The number of aliphatic carboxylic acids is 1. The molecule has 2 atom stereocenters. The molecule has 0 aliphatic carbocycles. The van der Waals surface area contributed by atoms with Gasteiger partial charge in [-0.05, 0) is 59.9 Å². The summed E-state index contributed by atoms with van der Waals surface area (Å²) in [6, 6.07) is 15.6. The molecule has 0 aliphatic heterocycles.